The van der Waals surface area contributed by atoms with E-state index in [1.807, 2.05) is 90.1 Å². The monoisotopic (exact) mass is 508 g/mol. The van der Waals surface area contributed by atoms with Crippen LogP contribution in [0.2, 0.25) is 0 Å². The predicted molar refractivity (Wildman–Crippen MR) is 152 cm³/mol. The van der Waals surface area contributed by atoms with Crippen LogP contribution in [0.1, 0.15) is 121 Å². The van der Waals surface area contributed by atoms with Crippen LogP contribution in [0.25, 0.3) is 0 Å². The fourth-order valence-electron chi connectivity index (χ4n) is 3.96. The molecule has 4 nitrogen and oxygen atoms in total. The average Bonchev–Trinajstić information content (AvgIpc) is 2.75. The zero-order valence-corrected chi connectivity index (χ0v) is 25.1. The number of benzene rings is 2. The van der Waals surface area contributed by atoms with E-state index in [4.69, 9.17) is 9.47 Å². The topological polar surface area (TPSA) is 52.6 Å². The molecule has 2 aromatic carbocycles. The van der Waals surface area contributed by atoms with Crippen molar-refractivity contribution >= 4 is 11.9 Å². The molecule has 0 radical (unpaired) electrons. The van der Waals surface area contributed by atoms with Gasteiger partial charge < -0.3 is 9.47 Å². The van der Waals surface area contributed by atoms with Gasteiger partial charge in [-0.25, -0.2) is 9.59 Å². The minimum atomic E-state index is -0.442. The van der Waals surface area contributed by atoms with E-state index in [2.05, 4.69) is 41.5 Å². The highest BCUT2D eigenvalue weighted by atomic mass is 16.6. The SMILES string of the molecule is CC(C)(C)c1ccc(C(=O)OC(CC(OC(=O)c2ccc(C(C)(C)C)cc2)C(C)(C)C)C(C)(C)C)cc1. The average molecular weight is 509 g/mol. The molecule has 0 fully saturated rings. The highest BCUT2D eigenvalue weighted by Gasteiger charge is 2.38. The maximum absolute atomic E-state index is 13.1. The first-order valence-corrected chi connectivity index (χ1v) is 13.3. The second kappa shape index (κ2) is 11.0. The molecule has 37 heavy (non-hydrogen) atoms. The van der Waals surface area contributed by atoms with Gasteiger partial charge >= 0.3 is 11.9 Å². The second-order valence-corrected chi connectivity index (χ2v) is 14.4. The van der Waals surface area contributed by atoms with Gasteiger partial charge in [-0.3, -0.25) is 0 Å². The Labute approximate surface area is 225 Å². The molecular formula is C33H48O4. The standard InChI is InChI=1S/C33H48O4/c1-30(2,3)24-17-13-22(14-18-24)28(34)36-26(32(7,8)9)21-27(33(10,11)12)37-29(35)23-15-19-25(20-16-23)31(4,5)6/h13-20,26-27H,21H2,1-12H3. The Morgan fingerprint density at radius 2 is 0.811 bits per heavy atom. The smallest absolute Gasteiger partial charge is 0.338 e. The van der Waals surface area contributed by atoms with Gasteiger partial charge in [0.2, 0.25) is 0 Å². The van der Waals surface area contributed by atoms with Gasteiger partial charge in [-0.1, -0.05) is 107 Å². The summed E-state index contributed by atoms with van der Waals surface area (Å²) in [6.45, 7) is 25.1. The van der Waals surface area contributed by atoms with Gasteiger partial charge in [-0.2, -0.15) is 0 Å². The van der Waals surface area contributed by atoms with Crippen LogP contribution in [0.4, 0.5) is 0 Å². The molecule has 0 aliphatic heterocycles. The van der Waals surface area contributed by atoms with Crippen LogP contribution in [0, 0.1) is 10.8 Å². The van der Waals surface area contributed by atoms with Crippen LogP contribution in [-0.2, 0) is 20.3 Å². The van der Waals surface area contributed by atoms with Crippen molar-refractivity contribution in [2.45, 2.75) is 113 Å². The minimum Gasteiger partial charge on any atom is -0.458 e. The molecule has 4 heteroatoms. The Hall–Kier alpha value is -2.62. The Bertz CT molecular complexity index is 963. The van der Waals surface area contributed by atoms with Crippen LogP contribution < -0.4 is 0 Å². The summed E-state index contributed by atoms with van der Waals surface area (Å²) in [6.07, 6.45) is -0.477. The van der Waals surface area contributed by atoms with E-state index in [0.717, 1.165) is 11.1 Å². The number of carbonyl (C=O) groups excluding carboxylic acids is 2. The number of ether oxygens (including phenoxy) is 2. The zero-order chi connectivity index (χ0) is 28.4. The van der Waals surface area contributed by atoms with Crippen molar-refractivity contribution in [3.05, 3.63) is 70.8 Å². The number of esters is 2. The van der Waals surface area contributed by atoms with Crippen LogP contribution in [-0.4, -0.2) is 24.1 Å². The minimum absolute atomic E-state index is 0.00719. The number of hydrogen-bond acceptors (Lipinski definition) is 4. The summed E-state index contributed by atoms with van der Waals surface area (Å²) in [5, 5.41) is 0. The van der Waals surface area contributed by atoms with Crippen LogP contribution in [0.3, 0.4) is 0 Å². The first kappa shape index (κ1) is 30.6. The normalized spacial score (nSPS) is 14.6. The Morgan fingerprint density at radius 3 is 1.03 bits per heavy atom. The lowest BCUT2D eigenvalue weighted by Gasteiger charge is -2.37. The largest absolute Gasteiger partial charge is 0.458 e. The molecule has 2 rings (SSSR count). The van der Waals surface area contributed by atoms with E-state index >= 15 is 0 Å². The molecule has 0 aliphatic carbocycles. The van der Waals surface area contributed by atoms with Crippen molar-refractivity contribution in [1.82, 2.24) is 0 Å². The Morgan fingerprint density at radius 1 is 0.541 bits per heavy atom. The van der Waals surface area contributed by atoms with Crippen LogP contribution in [0.5, 0.6) is 0 Å². The molecule has 0 aliphatic rings. The molecule has 2 atom stereocenters. The fraction of sp³-hybridized carbons (Fsp3) is 0.576. The van der Waals surface area contributed by atoms with E-state index in [1.165, 1.54) is 0 Å². The van der Waals surface area contributed by atoms with Crippen molar-refractivity contribution in [3.63, 3.8) is 0 Å². The van der Waals surface area contributed by atoms with E-state index < -0.39 is 12.2 Å². The summed E-state index contributed by atoms with van der Waals surface area (Å²) in [5.74, 6) is -0.728. The Kier molecular flexibility index (Phi) is 9.11. The van der Waals surface area contributed by atoms with Crippen molar-refractivity contribution in [2.75, 3.05) is 0 Å². The van der Waals surface area contributed by atoms with Crippen molar-refractivity contribution in [2.24, 2.45) is 10.8 Å². The summed E-state index contributed by atoms with van der Waals surface area (Å²) in [6, 6.07) is 15.2. The van der Waals surface area contributed by atoms with Crippen LogP contribution in [0.15, 0.2) is 48.5 Å². The number of carbonyl (C=O) groups is 2. The number of rotatable bonds is 6. The summed E-state index contributed by atoms with van der Waals surface area (Å²) in [4.78, 5) is 26.2. The summed E-state index contributed by atoms with van der Waals surface area (Å²) >= 11 is 0. The first-order chi connectivity index (χ1) is 16.7. The van der Waals surface area contributed by atoms with E-state index in [9.17, 15) is 9.59 Å². The van der Waals surface area contributed by atoms with Gasteiger partial charge in [0, 0.05) is 6.42 Å². The summed E-state index contributed by atoms with van der Waals surface area (Å²) < 4.78 is 12.1. The number of hydrogen-bond donors (Lipinski definition) is 0. The van der Waals surface area contributed by atoms with Crippen LogP contribution >= 0.6 is 0 Å². The Balaban J connectivity index is 2.23. The molecule has 0 amide bonds. The lowest BCUT2D eigenvalue weighted by molar-refractivity contribution is -0.0550. The zero-order valence-electron chi connectivity index (χ0n) is 25.1. The molecule has 2 unspecified atom stereocenters. The first-order valence-electron chi connectivity index (χ1n) is 13.3. The van der Waals surface area contributed by atoms with Gasteiger partial charge in [0.1, 0.15) is 12.2 Å². The highest BCUT2D eigenvalue weighted by molar-refractivity contribution is 5.90. The van der Waals surface area contributed by atoms with Crippen molar-refractivity contribution in [3.8, 4) is 0 Å². The van der Waals surface area contributed by atoms with Crippen molar-refractivity contribution in [1.29, 1.82) is 0 Å². The molecule has 0 saturated carbocycles. The molecule has 0 aromatic heterocycles. The molecule has 204 valence electrons. The molecule has 0 saturated heterocycles. The molecular weight excluding hydrogens is 460 g/mol. The quantitative estimate of drug-likeness (QED) is 0.367. The second-order valence-electron chi connectivity index (χ2n) is 14.4. The third-order valence-electron chi connectivity index (χ3n) is 6.83. The highest BCUT2D eigenvalue weighted by Crippen LogP contribution is 2.34. The fourth-order valence-corrected chi connectivity index (χ4v) is 3.96. The van der Waals surface area contributed by atoms with Gasteiger partial charge in [0.25, 0.3) is 0 Å². The predicted octanol–water partition coefficient (Wildman–Crippen LogP) is 8.51. The third-order valence-corrected chi connectivity index (χ3v) is 6.83. The van der Waals surface area contributed by atoms with E-state index in [1.54, 1.807) is 0 Å². The summed E-state index contributed by atoms with van der Waals surface area (Å²) in [7, 11) is 0. The molecule has 0 spiro atoms. The molecule has 2 aromatic rings. The van der Waals surface area contributed by atoms with Gasteiger partial charge in [0.15, 0.2) is 0 Å². The third kappa shape index (κ3) is 8.72. The maximum Gasteiger partial charge on any atom is 0.338 e. The van der Waals surface area contributed by atoms with E-state index in [0.29, 0.717) is 17.5 Å². The van der Waals surface area contributed by atoms with Gasteiger partial charge in [-0.15, -0.1) is 0 Å². The lowest BCUT2D eigenvalue weighted by atomic mass is 9.79. The maximum atomic E-state index is 13.1. The van der Waals surface area contributed by atoms with Gasteiger partial charge in [-0.05, 0) is 57.1 Å². The lowest BCUT2D eigenvalue weighted by Crippen LogP contribution is -2.41. The van der Waals surface area contributed by atoms with Crippen molar-refractivity contribution < 1.29 is 19.1 Å². The molecule has 0 bridgehead atoms. The molecule has 0 heterocycles. The summed E-state index contributed by atoms with van der Waals surface area (Å²) in [5.41, 5.74) is 2.69. The molecule has 0 N–H and O–H groups in total. The van der Waals surface area contributed by atoms with Gasteiger partial charge in [0.05, 0.1) is 11.1 Å². The van der Waals surface area contributed by atoms with E-state index in [-0.39, 0.29) is 33.6 Å².